The number of pyridine rings is 1. The van der Waals surface area contributed by atoms with Crippen LogP contribution in [0.1, 0.15) is 31.2 Å². The smallest absolute Gasteiger partial charge is 0.0747 e. The minimum atomic E-state index is -0.122. The Hall–Kier alpha value is -1.16. The predicted molar refractivity (Wildman–Crippen MR) is 81.9 cm³/mol. The quantitative estimate of drug-likeness (QED) is 0.908. The van der Waals surface area contributed by atoms with Crippen LogP contribution in [0.25, 0.3) is 10.9 Å². The van der Waals surface area contributed by atoms with Crippen molar-refractivity contribution in [1.29, 1.82) is 0 Å². The van der Waals surface area contributed by atoms with Crippen molar-refractivity contribution in [2.24, 2.45) is 0 Å². The van der Waals surface area contributed by atoms with Crippen molar-refractivity contribution in [3.8, 4) is 0 Å². The maximum Gasteiger partial charge on any atom is 0.0747 e. The number of aliphatic hydroxyl groups excluding tert-OH is 1. The van der Waals surface area contributed by atoms with Gasteiger partial charge in [-0.2, -0.15) is 0 Å². The van der Waals surface area contributed by atoms with Crippen molar-refractivity contribution in [2.45, 2.75) is 37.8 Å². The van der Waals surface area contributed by atoms with Crippen LogP contribution in [0.4, 0.5) is 0 Å². The Bertz CT molecular complexity index is 608. The van der Waals surface area contributed by atoms with Crippen LogP contribution in [-0.4, -0.2) is 22.2 Å². The van der Waals surface area contributed by atoms with E-state index in [-0.39, 0.29) is 12.1 Å². The molecule has 1 aromatic heterocycles. The zero-order valence-corrected chi connectivity index (χ0v) is 12.2. The highest BCUT2D eigenvalue weighted by atomic mass is 35.5. The van der Waals surface area contributed by atoms with Crippen LogP contribution in [0.3, 0.4) is 0 Å². The van der Waals surface area contributed by atoms with Gasteiger partial charge in [-0.25, -0.2) is 0 Å². The summed E-state index contributed by atoms with van der Waals surface area (Å²) in [7, 11) is 0. The van der Waals surface area contributed by atoms with Gasteiger partial charge < -0.3 is 10.4 Å². The fraction of sp³-hybridized carbons (Fsp3) is 0.438. The van der Waals surface area contributed by atoms with E-state index in [2.05, 4.69) is 10.3 Å². The van der Waals surface area contributed by atoms with Gasteiger partial charge in [-0.1, -0.05) is 30.5 Å². The van der Waals surface area contributed by atoms with Gasteiger partial charge in [0, 0.05) is 28.7 Å². The minimum absolute atomic E-state index is 0.122. The van der Waals surface area contributed by atoms with Gasteiger partial charge >= 0.3 is 0 Å². The van der Waals surface area contributed by atoms with E-state index in [4.69, 9.17) is 11.6 Å². The highest BCUT2D eigenvalue weighted by molar-refractivity contribution is 6.31. The molecule has 0 atom stereocenters. The molecule has 1 saturated carbocycles. The van der Waals surface area contributed by atoms with Gasteiger partial charge in [0.25, 0.3) is 0 Å². The van der Waals surface area contributed by atoms with Crippen molar-refractivity contribution in [1.82, 2.24) is 10.3 Å². The second-order valence-corrected chi connectivity index (χ2v) is 6.08. The number of benzene rings is 1. The molecular weight excluding hydrogens is 272 g/mol. The molecule has 1 aromatic carbocycles. The summed E-state index contributed by atoms with van der Waals surface area (Å²) < 4.78 is 0. The summed E-state index contributed by atoms with van der Waals surface area (Å²) in [6.07, 6.45) is 6.24. The Balaban J connectivity index is 1.87. The maximum atomic E-state index is 9.66. The van der Waals surface area contributed by atoms with Crippen molar-refractivity contribution in [3.63, 3.8) is 0 Å². The monoisotopic (exact) mass is 290 g/mol. The number of aliphatic hydroxyl groups is 1. The van der Waals surface area contributed by atoms with Crippen LogP contribution in [0.2, 0.25) is 5.02 Å². The summed E-state index contributed by atoms with van der Waals surface area (Å²) in [5.74, 6) is 0. The zero-order valence-electron chi connectivity index (χ0n) is 11.4. The number of nitrogens with one attached hydrogen (secondary N) is 1. The first-order valence-corrected chi connectivity index (χ1v) is 7.49. The Labute approximate surface area is 124 Å². The number of fused-ring (bicyclic) bond motifs is 1. The number of aromatic nitrogens is 1. The molecule has 0 saturated heterocycles. The van der Waals surface area contributed by atoms with E-state index in [0.717, 1.165) is 34.3 Å². The topological polar surface area (TPSA) is 45.1 Å². The average Bonchev–Trinajstić information content (AvgIpc) is 2.94. The summed E-state index contributed by atoms with van der Waals surface area (Å²) in [5.41, 5.74) is 1.95. The Kier molecular flexibility index (Phi) is 3.92. The summed E-state index contributed by atoms with van der Waals surface area (Å²) in [6, 6.07) is 7.84. The van der Waals surface area contributed by atoms with Crippen molar-refractivity contribution < 1.29 is 5.11 Å². The van der Waals surface area contributed by atoms with Gasteiger partial charge in [-0.3, -0.25) is 4.98 Å². The second kappa shape index (κ2) is 5.68. The van der Waals surface area contributed by atoms with E-state index in [1.54, 1.807) is 6.20 Å². The third-order valence-corrected chi connectivity index (χ3v) is 4.48. The van der Waals surface area contributed by atoms with Crippen LogP contribution in [0.5, 0.6) is 0 Å². The molecule has 1 aliphatic rings. The van der Waals surface area contributed by atoms with Crippen LogP contribution in [0, 0.1) is 0 Å². The molecule has 0 bridgehead atoms. The first-order chi connectivity index (χ1) is 9.72. The van der Waals surface area contributed by atoms with E-state index in [1.165, 1.54) is 12.8 Å². The molecule has 4 heteroatoms. The Morgan fingerprint density at radius 2 is 2.10 bits per heavy atom. The average molecular weight is 291 g/mol. The maximum absolute atomic E-state index is 9.66. The minimum Gasteiger partial charge on any atom is -0.394 e. The van der Waals surface area contributed by atoms with Gasteiger partial charge in [0.1, 0.15) is 0 Å². The Morgan fingerprint density at radius 1 is 1.30 bits per heavy atom. The first-order valence-electron chi connectivity index (χ1n) is 7.11. The summed E-state index contributed by atoms with van der Waals surface area (Å²) >= 11 is 6.18. The lowest BCUT2D eigenvalue weighted by Crippen LogP contribution is -2.45. The van der Waals surface area contributed by atoms with Crippen LogP contribution >= 0.6 is 11.6 Å². The molecule has 0 radical (unpaired) electrons. The highest BCUT2D eigenvalue weighted by Gasteiger charge is 2.32. The fourth-order valence-electron chi connectivity index (χ4n) is 3.09. The normalized spacial score (nSPS) is 17.7. The molecule has 0 unspecified atom stereocenters. The molecule has 0 amide bonds. The molecule has 0 spiro atoms. The highest BCUT2D eigenvalue weighted by Crippen LogP contribution is 2.30. The van der Waals surface area contributed by atoms with Crippen LogP contribution < -0.4 is 5.32 Å². The van der Waals surface area contributed by atoms with E-state index < -0.39 is 0 Å². The van der Waals surface area contributed by atoms with Crippen LogP contribution in [0.15, 0.2) is 30.5 Å². The lowest BCUT2D eigenvalue weighted by atomic mass is 9.98. The van der Waals surface area contributed by atoms with Crippen molar-refractivity contribution >= 4 is 22.5 Å². The van der Waals surface area contributed by atoms with Gasteiger partial charge in [0.05, 0.1) is 12.1 Å². The largest absolute Gasteiger partial charge is 0.394 e. The second-order valence-electron chi connectivity index (χ2n) is 5.64. The molecule has 2 N–H and O–H groups in total. The summed E-state index contributed by atoms with van der Waals surface area (Å²) in [4.78, 5) is 4.45. The molecule has 1 heterocycles. The van der Waals surface area contributed by atoms with E-state index in [0.29, 0.717) is 6.54 Å². The number of halogens is 1. The molecule has 0 aliphatic heterocycles. The van der Waals surface area contributed by atoms with Gasteiger partial charge in [-0.05, 0) is 36.6 Å². The lowest BCUT2D eigenvalue weighted by molar-refractivity contribution is 0.163. The van der Waals surface area contributed by atoms with Crippen molar-refractivity contribution in [2.75, 3.05) is 6.61 Å². The molecular formula is C16H19ClN2O. The molecule has 2 aromatic rings. The summed E-state index contributed by atoms with van der Waals surface area (Å²) in [5, 5.41) is 15.0. The van der Waals surface area contributed by atoms with Crippen molar-refractivity contribution in [3.05, 3.63) is 41.0 Å². The number of nitrogens with zero attached hydrogens (tertiary/aromatic N) is 1. The van der Waals surface area contributed by atoms with Gasteiger partial charge in [0.2, 0.25) is 0 Å². The molecule has 1 fully saturated rings. The molecule has 106 valence electrons. The molecule has 3 nitrogen and oxygen atoms in total. The van der Waals surface area contributed by atoms with Gasteiger partial charge in [0.15, 0.2) is 0 Å². The number of hydrogen-bond acceptors (Lipinski definition) is 3. The number of hydrogen-bond donors (Lipinski definition) is 2. The summed E-state index contributed by atoms with van der Waals surface area (Å²) in [6.45, 7) is 0.883. The van der Waals surface area contributed by atoms with Crippen LogP contribution in [-0.2, 0) is 6.54 Å². The molecule has 1 aliphatic carbocycles. The first kappa shape index (κ1) is 13.8. The SMILES string of the molecule is OCC1(NCc2cc(Cl)cc3cccnc23)CCCC1. The van der Waals surface area contributed by atoms with E-state index in [9.17, 15) is 5.11 Å². The lowest BCUT2D eigenvalue weighted by Gasteiger charge is -2.28. The van der Waals surface area contributed by atoms with E-state index >= 15 is 0 Å². The van der Waals surface area contributed by atoms with Gasteiger partial charge in [-0.15, -0.1) is 0 Å². The molecule has 3 rings (SSSR count). The standard InChI is InChI=1S/C16H19ClN2O/c17-14-8-12-4-3-7-18-15(12)13(9-14)10-19-16(11-20)5-1-2-6-16/h3-4,7-9,19-20H,1-2,5-6,10-11H2. The van der Waals surface area contributed by atoms with E-state index in [1.807, 2.05) is 24.3 Å². The number of rotatable bonds is 4. The Morgan fingerprint density at radius 3 is 2.85 bits per heavy atom. The third-order valence-electron chi connectivity index (χ3n) is 4.27. The zero-order chi connectivity index (χ0) is 14.0. The predicted octanol–water partition coefficient (Wildman–Crippen LogP) is 3.28. The third kappa shape index (κ3) is 2.66. The fourth-order valence-corrected chi connectivity index (χ4v) is 3.34. The molecule has 20 heavy (non-hydrogen) atoms.